The third-order valence-electron chi connectivity index (χ3n) is 2.60. The number of nitrogens with zero attached hydrogens (tertiary/aromatic N) is 1. The Hall–Kier alpha value is -2.19. The molecular formula is C11H10BFN2O4. The molecule has 0 aliphatic heterocycles. The zero-order chi connectivity index (χ0) is 14.0. The summed E-state index contributed by atoms with van der Waals surface area (Å²) in [5.41, 5.74) is -0.806. The zero-order valence-electron chi connectivity index (χ0n) is 9.71. The van der Waals surface area contributed by atoms with Gasteiger partial charge in [-0.25, -0.2) is 4.79 Å². The molecule has 0 saturated carbocycles. The second kappa shape index (κ2) is 5.21. The van der Waals surface area contributed by atoms with E-state index in [-0.39, 0.29) is 6.54 Å². The van der Waals surface area contributed by atoms with Gasteiger partial charge in [0.15, 0.2) is 0 Å². The standard InChI is InChI=1S/C11H10BFN2O4/c13-9-6-15(11(17)14-10(9)16)5-7-1-3-8(4-2-7)12(18)19/h1-4,6,18-19H,5H2,(H,14,16,17). The fourth-order valence-corrected chi connectivity index (χ4v) is 1.59. The molecule has 3 N–H and O–H groups in total. The smallest absolute Gasteiger partial charge is 0.423 e. The third kappa shape index (κ3) is 2.98. The number of aromatic nitrogens is 2. The molecule has 0 bridgehead atoms. The SMILES string of the molecule is O=c1[nH]c(=O)n(Cc2ccc(B(O)O)cc2)cc1F. The van der Waals surface area contributed by atoms with E-state index in [0.717, 1.165) is 10.8 Å². The number of halogens is 1. The van der Waals surface area contributed by atoms with Crippen molar-refractivity contribution < 1.29 is 14.4 Å². The summed E-state index contributed by atoms with van der Waals surface area (Å²) in [6.07, 6.45) is 0.829. The first kappa shape index (κ1) is 13.3. The highest BCUT2D eigenvalue weighted by Crippen LogP contribution is 1.99. The van der Waals surface area contributed by atoms with Gasteiger partial charge in [0.25, 0.3) is 5.56 Å². The number of benzene rings is 1. The minimum absolute atomic E-state index is 0.0638. The fourth-order valence-electron chi connectivity index (χ4n) is 1.59. The van der Waals surface area contributed by atoms with E-state index >= 15 is 0 Å². The quantitative estimate of drug-likeness (QED) is 0.582. The number of nitrogens with one attached hydrogen (secondary N) is 1. The highest BCUT2D eigenvalue weighted by atomic mass is 19.1. The van der Waals surface area contributed by atoms with Crippen LogP contribution in [0.2, 0.25) is 0 Å². The van der Waals surface area contributed by atoms with Crippen molar-refractivity contribution in [3.8, 4) is 0 Å². The van der Waals surface area contributed by atoms with Gasteiger partial charge in [-0.1, -0.05) is 24.3 Å². The molecule has 8 heteroatoms. The summed E-state index contributed by atoms with van der Waals surface area (Å²) in [7, 11) is -1.57. The van der Waals surface area contributed by atoms with Crippen molar-refractivity contribution in [1.82, 2.24) is 9.55 Å². The summed E-state index contributed by atoms with van der Waals surface area (Å²) in [4.78, 5) is 24.2. The van der Waals surface area contributed by atoms with Crippen LogP contribution in [0.15, 0.2) is 40.1 Å². The number of hydrogen-bond acceptors (Lipinski definition) is 4. The second-order valence-corrected chi connectivity index (χ2v) is 3.98. The Morgan fingerprint density at radius 2 is 1.84 bits per heavy atom. The predicted octanol–water partition coefficient (Wildman–Crippen LogP) is -1.60. The molecule has 2 rings (SSSR count). The van der Waals surface area contributed by atoms with Crippen molar-refractivity contribution in [1.29, 1.82) is 0 Å². The van der Waals surface area contributed by atoms with Crippen LogP contribution in [0.3, 0.4) is 0 Å². The van der Waals surface area contributed by atoms with E-state index in [1.165, 1.54) is 12.1 Å². The fraction of sp³-hybridized carbons (Fsp3) is 0.0909. The molecule has 0 atom stereocenters. The van der Waals surface area contributed by atoms with Crippen LogP contribution in [-0.2, 0) is 6.54 Å². The molecule has 1 aromatic heterocycles. The van der Waals surface area contributed by atoms with Crippen molar-refractivity contribution in [2.45, 2.75) is 6.54 Å². The minimum Gasteiger partial charge on any atom is -0.423 e. The summed E-state index contributed by atoms with van der Waals surface area (Å²) in [6, 6.07) is 6.11. The van der Waals surface area contributed by atoms with Gasteiger partial charge in [0.1, 0.15) is 0 Å². The van der Waals surface area contributed by atoms with Gasteiger partial charge in [-0.05, 0) is 11.0 Å². The molecule has 0 radical (unpaired) electrons. The van der Waals surface area contributed by atoms with Crippen LogP contribution in [0.1, 0.15) is 5.56 Å². The van der Waals surface area contributed by atoms with Crippen LogP contribution in [0.4, 0.5) is 4.39 Å². The van der Waals surface area contributed by atoms with E-state index < -0.39 is 24.2 Å². The molecule has 2 aromatic rings. The lowest BCUT2D eigenvalue weighted by Gasteiger charge is -2.06. The lowest BCUT2D eigenvalue weighted by Crippen LogP contribution is -2.32. The number of aromatic amines is 1. The maximum atomic E-state index is 13.1. The van der Waals surface area contributed by atoms with Gasteiger partial charge in [-0.15, -0.1) is 0 Å². The van der Waals surface area contributed by atoms with E-state index in [1.807, 2.05) is 4.98 Å². The molecule has 98 valence electrons. The first-order valence-electron chi connectivity index (χ1n) is 5.41. The molecule has 19 heavy (non-hydrogen) atoms. The van der Waals surface area contributed by atoms with Gasteiger partial charge in [-0.3, -0.25) is 14.3 Å². The first-order chi connectivity index (χ1) is 8.97. The van der Waals surface area contributed by atoms with Crippen LogP contribution < -0.4 is 16.7 Å². The normalized spacial score (nSPS) is 10.5. The molecular weight excluding hydrogens is 254 g/mol. The van der Waals surface area contributed by atoms with E-state index in [1.54, 1.807) is 12.1 Å². The Bertz CT molecular complexity index is 693. The maximum Gasteiger partial charge on any atom is 0.488 e. The first-order valence-corrected chi connectivity index (χ1v) is 5.41. The Kier molecular flexibility index (Phi) is 3.63. The average molecular weight is 264 g/mol. The Morgan fingerprint density at radius 1 is 1.21 bits per heavy atom. The summed E-state index contributed by atoms with van der Waals surface area (Å²) in [5.74, 6) is -1.04. The van der Waals surface area contributed by atoms with Gasteiger partial charge >= 0.3 is 12.8 Å². The lowest BCUT2D eigenvalue weighted by atomic mass is 9.80. The van der Waals surface area contributed by atoms with Gasteiger partial charge in [-0.2, -0.15) is 4.39 Å². The average Bonchev–Trinajstić information content (AvgIpc) is 2.36. The summed E-state index contributed by atoms with van der Waals surface area (Å²) in [6.45, 7) is 0.0638. The Labute approximate surface area is 106 Å². The van der Waals surface area contributed by atoms with Gasteiger partial charge in [0.05, 0.1) is 12.7 Å². The van der Waals surface area contributed by atoms with E-state index in [4.69, 9.17) is 10.0 Å². The second-order valence-electron chi connectivity index (χ2n) is 3.98. The molecule has 0 saturated heterocycles. The molecule has 0 amide bonds. The van der Waals surface area contributed by atoms with Crippen molar-refractivity contribution in [2.24, 2.45) is 0 Å². The molecule has 0 unspecified atom stereocenters. The molecule has 0 aliphatic carbocycles. The number of H-pyrrole nitrogens is 1. The highest BCUT2D eigenvalue weighted by Gasteiger charge is 2.10. The molecule has 6 nitrogen and oxygen atoms in total. The number of rotatable bonds is 3. The highest BCUT2D eigenvalue weighted by molar-refractivity contribution is 6.58. The summed E-state index contributed by atoms with van der Waals surface area (Å²) >= 11 is 0. The van der Waals surface area contributed by atoms with Gasteiger partial charge in [0, 0.05) is 0 Å². The molecule has 1 heterocycles. The Balaban J connectivity index is 2.29. The van der Waals surface area contributed by atoms with Gasteiger partial charge in [0.2, 0.25) is 5.82 Å². The van der Waals surface area contributed by atoms with E-state index in [9.17, 15) is 14.0 Å². The van der Waals surface area contributed by atoms with Crippen LogP contribution in [0, 0.1) is 5.82 Å². The molecule has 0 spiro atoms. The molecule has 0 fully saturated rings. The topological polar surface area (TPSA) is 95.3 Å². The lowest BCUT2D eigenvalue weighted by molar-refractivity contribution is 0.426. The van der Waals surface area contributed by atoms with Crippen molar-refractivity contribution in [3.05, 3.63) is 62.7 Å². The van der Waals surface area contributed by atoms with Crippen LogP contribution >= 0.6 is 0 Å². The van der Waals surface area contributed by atoms with Crippen molar-refractivity contribution in [2.75, 3.05) is 0 Å². The monoisotopic (exact) mass is 264 g/mol. The minimum atomic E-state index is -1.57. The predicted molar refractivity (Wildman–Crippen MR) is 66.7 cm³/mol. The number of hydrogen-bond donors (Lipinski definition) is 3. The van der Waals surface area contributed by atoms with Crippen molar-refractivity contribution >= 4 is 12.6 Å². The zero-order valence-corrected chi connectivity index (χ0v) is 9.71. The summed E-state index contributed by atoms with van der Waals surface area (Å²) in [5, 5.41) is 17.9. The Morgan fingerprint density at radius 3 is 2.42 bits per heavy atom. The van der Waals surface area contributed by atoms with Crippen molar-refractivity contribution in [3.63, 3.8) is 0 Å². The van der Waals surface area contributed by atoms with Crippen LogP contribution in [0.5, 0.6) is 0 Å². The molecule has 0 aliphatic rings. The third-order valence-corrected chi connectivity index (χ3v) is 2.60. The summed E-state index contributed by atoms with van der Waals surface area (Å²) < 4.78 is 14.1. The van der Waals surface area contributed by atoms with Gasteiger partial charge < -0.3 is 10.0 Å². The van der Waals surface area contributed by atoms with E-state index in [2.05, 4.69) is 0 Å². The van der Waals surface area contributed by atoms with Crippen LogP contribution in [-0.4, -0.2) is 26.7 Å². The maximum absolute atomic E-state index is 13.1. The van der Waals surface area contributed by atoms with E-state index in [0.29, 0.717) is 11.0 Å². The van der Waals surface area contributed by atoms with Crippen LogP contribution in [0.25, 0.3) is 0 Å². The molecule has 1 aromatic carbocycles. The largest absolute Gasteiger partial charge is 0.488 e.